The summed E-state index contributed by atoms with van der Waals surface area (Å²) in [6, 6.07) is 12.1. The average Bonchev–Trinajstić information content (AvgIpc) is 2.60. The number of sulfonamides is 1. The molecular weight excluding hydrogens is 380 g/mol. The van der Waals surface area contributed by atoms with Gasteiger partial charge in [0.25, 0.3) is 5.91 Å². The molecule has 28 heavy (non-hydrogen) atoms. The van der Waals surface area contributed by atoms with E-state index in [4.69, 9.17) is 4.74 Å². The molecule has 2 rings (SSSR count). The number of rotatable bonds is 6. The minimum absolute atomic E-state index is 0.00431. The van der Waals surface area contributed by atoms with Crippen LogP contribution in [0.5, 0.6) is 0 Å². The Labute approximate surface area is 165 Å². The molecule has 0 spiro atoms. The molecule has 0 atom stereocenters. The number of esters is 1. The third-order valence-corrected chi connectivity index (χ3v) is 5.23. The van der Waals surface area contributed by atoms with Crippen molar-refractivity contribution in [2.24, 2.45) is 0 Å². The second kappa shape index (κ2) is 8.53. The smallest absolute Gasteiger partial charge is 0.338 e. The Hall–Kier alpha value is -2.71. The Morgan fingerprint density at radius 3 is 2.29 bits per heavy atom. The minimum Gasteiger partial charge on any atom is -0.462 e. The van der Waals surface area contributed by atoms with E-state index < -0.39 is 27.4 Å². The van der Waals surface area contributed by atoms with Crippen LogP contribution in [0.15, 0.2) is 53.4 Å². The molecule has 2 N–H and O–H groups in total. The Balaban J connectivity index is 2.22. The molecule has 150 valence electrons. The van der Waals surface area contributed by atoms with Crippen molar-refractivity contribution in [2.45, 2.75) is 38.1 Å². The molecule has 7 nitrogen and oxygen atoms in total. The first-order chi connectivity index (χ1) is 13.0. The lowest BCUT2D eigenvalue weighted by Gasteiger charge is -2.20. The van der Waals surface area contributed by atoms with Gasteiger partial charge in [0, 0.05) is 16.8 Å². The van der Waals surface area contributed by atoms with Crippen molar-refractivity contribution >= 4 is 27.6 Å². The monoisotopic (exact) mass is 404 g/mol. The predicted molar refractivity (Wildman–Crippen MR) is 107 cm³/mol. The maximum Gasteiger partial charge on any atom is 0.338 e. The van der Waals surface area contributed by atoms with Crippen LogP contribution in [-0.4, -0.2) is 32.4 Å². The molecule has 2 aromatic carbocycles. The lowest BCUT2D eigenvalue weighted by atomic mass is 10.1. The second-order valence-corrected chi connectivity index (χ2v) is 8.82. The molecule has 0 aromatic heterocycles. The quantitative estimate of drug-likeness (QED) is 0.720. The van der Waals surface area contributed by atoms with Gasteiger partial charge in [0.15, 0.2) is 0 Å². The third-order valence-electron chi connectivity index (χ3n) is 3.48. The molecule has 0 aliphatic rings. The first kappa shape index (κ1) is 21.6. The van der Waals surface area contributed by atoms with Gasteiger partial charge in [-0.05, 0) is 64.1 Å². The molecule has 0 heterocycles. The third kappa shape index (κ3) is 5.90. The van der Waals surface area contributed by atoms with Gasteiger partial charge in [0.2, 0.25) is 10.0 Å². The van der Waals surface area contributed by atoms with Gasteiger partial charge in [-0.25, -0.2) is 17.9 Å². The highest BCUT2D eigenvalue weighted by Gasteiger charge is 2.22. The van der Waals surface area contributed by atoms with Crippen LogP contribution in [0.4, 0.5) is 5.69 Å². The summed E-state index contributed by atoms with van der Waals surface area (Å²) in [7, 11) is -3.76. The van der Waals surface area contributed by atoms with Gasteiger partial charge < -0.3 is 10.1 Å². The summed E-state index contributed by atoms with van der Waals surface area (Å²) in [4.78, 5) is 24.4. The highest BCUT2D eigenvalue weighted by Crippen LogP contribution is 2.17. The van der Waals surface area contributed by atoms with Crippen LogP contribution in [0, 0.1) is 0 Å². The summed E-state index contributed by atoms with van der Waals surface area (Å²) in [5, 5.41) is 2.66. The number of nitrogens with one attached hydrogen (secondary N) is 2. The molecule has 0 radical (unpaired) electrons. The Morgan fingerprint density at radius 1 is 1.00 bits per heavy atom. The summed E-state index contributed by atoms with van der Waals surface area (Å²) >= 11 is 0. The summed E-state index contributed by atoms with van der Waals surface area (Å²) in [6.45, 7) is 7.16. The number of benzene rings is 2. The summed E-state index contributed by atoms with van der Waals surface area (Å²) in [5.41, 5.74) is 0.241. The van der Waals surface area contributed by atoms with Crippen molar-refractivity contribution in [1.29, 1.82) is 0 Å². The van der Waals surface area contributed by atoms with Crippen molar-refractivity contribution in [3.8, 4) is 0 Å². The van der Waals surface area contributed by atoms with E-state index in [-0.39, 0.29) is 17.1 Å². The topological polar surface area (TPSA) is 102 Å². The molecular formula is C20H24N2O5S. The summed E-state index contributed by atoms with van der Waals surface area (Å²) in [6.07, 6.45) is 0. The van der Waals surface area contributed by atoms with E-state index in [9.17, 15) is 18.0 Å². The largest absolute Gasteiger partial charge is 0.462 e. The van der Waals surface area contributed by atoms with Crippen LogP contribution < -0.4 is 10.0 Å². The molecule has 0 aliphatic heterocycles. The second-order valence-electron chi connectivity index (χ2n) is 7.14. The lowest BCUT2D eigenvalue weighted by Crippen LogP contribution is -2.40. The van der Waals surface area contributed by atoms with Crippen molar-refractivity contribution < 1.29 is 22.7 Å². The molecule has 0 saturated carbocycles. The fraction of sp³-hybridized carbons (Fsp3) is 0.300. The molecule has 0 bridgehead atoms. The standard InChI is InChI=1S/C20H24N2O5S/c1-5-27-19(24)15-9-6-10-16(12-15)21-18(23)14-8-7-11-17(13-14)28(25,26)22-20(2,3)4/h6-13,22H,5H2,1-4H3,(H,21,23). The van der Waals surface area contributed by atoms with Crippen LogP contribution in [0.25, 0.3) is 0 Å². The van der Waals surface area contributed by atoms with Crippen LogP contribution >= 0.6 is 0 Å². The number of ether oxygens (including phenoxy) is 1. The van der Waals surface area contributed by atoms with Gasteiger partial charge in [0.1, 0.15) is 0 Å². The molecule has 0 saturated heterocycles. The van der Waals surface area contributed by atoms with Crippen molar-refractivity contribution in [3.63, 3.8) is 0 Å². The average molecular weight is 404 g/mol. The Bertz CT molecular complexity index is 978. The maximum absolute atomic E-state index is 12.5. The van der Waals surface area contributed by atoms with E-state index in [0.717, 1.165) is 0 Å². The highest BCUT2D eigenvalue weighted by molar-refractivity contribution is 7.89. The van der Waals surface area contributed by atoms with E-state index in [1.807, 2.05) is 0 Å². The zero-order valence-corrected chi connectivity index (χ0v) is 17.1. The fourth-order valence-electron chi connectivity index (χ4n) is 2.41. The predicted octanol–water partition coefficient (Wildman–Crippen LogP) is 3.19. The van der Waals surface area contributed by atoms with Crippen molar-refractivity contribution in [2.75, 3.05) is 11.9 Å². The number of hydrogen-bond donors (Lipinski definition) is 2. The van der Waals surface area contributed by atoms with Crippen LogP contribution in [0.2, 0.25) is 0 Å². The van der Waals surface area contributed by atoms with Gasteiger partial charge >= 0.3 is 5.97 Å². The van der Waals surface area contributed by atoms with E-state index >= 15 is 0 Å². The first-order valence-electron chi connectivity index (χ1n) is 8.74. The SMILES string of the molecule is CCOC(=O)c1cccc(NC(=O)c2cccc(S(=O)(=O)NC(C)(C)C)c2)c1. The molecule has 0 unspecified atom stereocenters. The highest BCUT2D eigenvalue weighted by atomic mass is 32.2. The Kier molecular flexibility index (Phi) is 6.58. The Morgan fingerprint density at radius 2 is 1.64 bits per heavy atom. The summed E-state index contributed by atoms with van der Waals surface area (Å²) < 4.78 is 32.4. The van der Waals surface area contributed by atoms with E-state index in [0.29, 0.717) is 11.3 Å². The first-order valence-corrected chi connectivity index (χ1v) is 10.2. The van der Waals surface area contributed by atoms with Gasteiger partial charge in [-0.1, -0.05) is 12.1 Å². The number of carbonyl (C=O) groups is 2. The zero-order chi connectivity index (χ0) is 20.9. The van der Waals surface area contributed by atoms with Gasteiger partial charge in [0.05, 0.1) is 17.1 Å². The molecule has 0 aliphatic carbocycles. The van der Waals surface area contributed by atoms with E-state index in [1.165, 1.54) is 30.3 Å². The zero-order valence-electron chi connectivity index (χ0n) is 16.3. The summed E-state index contributed by atoms with van der Waals surface area (Å²) in [5.74, 6) is -0.978. The van der Waals surface area contributed by atoms with Crippen LogP contribution in [0.1, 0.15) is 48.4 Å². The van der Waals surface area contributed by atoms with E-state index in [2.05, 4.69) is 10.0 Å². The van der Waals surface area contributed by atoms with E-state index in [1.54, 1.807) is 45.9 Å². The lowest BCUT2D eigenvalue weighted by molar-refractivity contribution is 0.0526. The number of anilines is 1. The van der Waals surface area contributed by atoms with Gasteiger partial charge in [-0.15, -0.1) is 0 Å². The maximum atomic E-state index is 12.5. The minimum atomic E-state index is -3.76. The van der Waals surface area contributed by atoms with Crippen LogP contribution in [-0.2, 0) is 14.8 Å². The number of amides is 1. The normalized spacial score (nSPS) is 11.7. The van der Waals surface area contributed by atoms with Gasteiger partial charge in [-0.2, -0.15) is 0 Å². The van der Waals surface area contributed by atoms with Gasteiger partial charge in [-0.3, -0.25) is 4.79 Å². The number of hydrogen-bond acceptors (Lipinski definition) is 5. The van der Waals surface area contributed by atoms with Crippen molar-refractivity contribution in [3.05, 3.63) is 59.7 Å². The van der Waals surface area contributed by atoms with Crippen LogP contribution in [0.3, 0.4) is 0 Å². The number of carbonyl (C=O) groups excluding carboxylic acids is 2. The molecule has 1 amide bonds. The fourth-order valence-corrected chi connectivity index (χ4v) is 3.87. The molecule has 0 fully saturated rings. The molecule has 8 heteroatoms. The van der Waals surface area contributed by atoms with Crippen molar-refractivity contribution in [1.82, 2.24) is 4.72 Å². The molecule has 2 aromatic rings.